The third kappa shape index (κ3) is 5.01. The molecule has 3 amide bonds. The molecular weight excluding hydrogens is 388 g/mol. The van der Waals surface area contributed by atoms with E-state index in [-0.39, 0.29) is 18.0 Å². The maximum atomic E-state index is 13.0. The van der Waals surface area contributed by atoms with Gasteiger partial charge >= 0.3 is 6.03 Å². The van der Waals surface area contributed by atoms with Crippen molar-refractivity contribution in [3.8, 4) is 0 Å². The zero-order valence-electron chi connectivity index (χ0n) is 16.8. The highest BCUT2D eigenvalue weighted by Gasteiger charge is 2.36. The molecule has 0 aromatic heterocycles. The van der Waals surface area contributed by atoms with Gasteiger partial charge in [0.25, 0.3) is 0 Å². The van der Waals surface area contributed by atoms with Crippen LogP contribution in [0.2, 0.25) is 5.02 Å². The number of nitrogens with two attached hydrogens (primary N) is 1. The minimum absolute atomic E-state index is 0.0560. The molecule has 2 aromatic rings. The van der Waals surface area contributed by atoms with Crippen molar-refractivity contribution in [1.29, 1.82) is 0 Å². The predicted molar refractivity (Wildman–Crippen MR) is 115 cm³/mol. The van der Waals surface area contributed by atoms with Gasteiger partial charge in [-0.25, -0.2) is 4.79 Å². The van der Waals surface area contributed by atoms with E-state index < -0.39 is 6.04 Å². The molecule has 0 saturated carbocycles. The molecule has 1 saturated heterocycles. The number of para-hydroxylation sites is 1. The normalized spacial score (nSPS) is 17.1. The van der Waals surface area contributed by atoms with Crippen LogP contribution in [0.5, 0.6) is 0 Å². The second-order valence-electron chi connectivity index (χ2n) is 7.47. The number of anilines is 1. The van der Waals surface area contributed by atoms with Crippen LogP contribution in [0.15, 0.2) is 48.5 Å². The molecular formula is C22H27ClN4O2. The number of nitrogens with zero attached hydrogens (tertiary/aromatic N) is 2. The second-order valence-corrected chi connectivity index (χ2v) is 7.91. The van der Waals surface area contributed by atoms with E-state index in [1.165, 1.54) is 0 Å². The maximum Gasteiger partial charge on any atom is 0.318 e. The largest absolute Gasteiger partial charge is 0.398 e. The highest BCUT2D eigenvalue weighted by atomic mass is 35.5. The number of likely N-dealkylation sites (N-methyl/N-ethyl adjacent to an activating group) is 1. The fourth-order valence-electron chi connectivity index (χ4n) is 3.71. The number of nitrogens with one attached hydrogen (secondary N) is 1. The SMILES string of the molecule is CC(NC(=O)N1CCC[C@@H]1C(=O)N(C)Cc1ccc(Cl)cc1)c1ccccc1N. The molecule has 3 rings (SSSR count). The predicted octanol–water partition coefficient (Wildman–Crippen LogP) is 3.82. The molecule has 2 aromatic carbocycles. The Morgan fingerprint density at radius 2 is 1.93 bits per heavy atom. The fourth-order valence-corrected chi connectivity index (χ4v) is 3.84. The van der Waals surface area contributed by atoms with Crippen LogP contribution < -0.4 is 11.1 Å². The Labute approximate surface area is 176 Å². The summed E-state index contributed by atoms with van der Waals surface area (Å²) in [5.41, 5.74) is 8.51. The van der Waals surface area contributed by atoms with Crippen molar-refractivity contribution in [2.45, 2.75) is 38.4 Å². The third-order valence-corrected chi connectivity index (χ3v) is 5.56. The van der Waals surface area contributed by atoms with Gasteiger partial charge in [0.15, 0.2) is 0 Å². The molecule has 1 heterocycles. The monoisotopic (exact) mass is 414 g/mol. The van der Waals surface area contributed by atoms with E-state index in [0.717, 1.165) is 17.5 Å². The van der Waals surface area contributed by atoms with Crippen molar-refractivity contribution >= 4 is 29.2 Å². The summed E-state index contributed by atoms with van der Waals surface area (Å²) in [4.78, 5) is 29.2. The molecule has 1 aliphatic rings. The summed E-state index contributed by atoms with van der Waals surface area (Å²) in [5, 5.41) is 3.64. The molecule has 2 atom stereocenters. The van der Waals surface area contributed by atoms with Gasteiger partial charge in [0.2, 0.25) is 5.91 Å². The van der Waals surface area contributed by atoms with Gasteiger partial charge < -0.3 is 20.9 Å². The molecule has 0 spiro atoms. The van der Waals surface area contributed by atoms with Crippen LogP contribution in [0.3, 0.4) is 0 Å². The van der Waals surface area contributed by atoms with E-state index in [2.05, 4.69) is 5.32 Å². The zero-order chi connectivity index (χ0) is 21.0. The Kier molecular flexibility index (Phi) is 6.64. The average molecular weight is 415 g/mol. The number of hydrogen-bond donors (Lipinski definition) is 2. The topological polar surface area (TPSA) is 78.7 Å². The summed E-state index contributed by atoms with van der Waals surface area (Å²) in [6, 6.07) is 13.9. The number of likely N-dealkylation sites (tertiary alicyclic amines) is 1. The first kappa shape index (κ1) is 21.0. The van der Waals surface area contributed by atoms with E-state index in [4.69, 9.17) is 17.3 Å². The van der Waals surface area contributed by atoms with Gasteiger partial charge in [0.05, 0.1) is 6.04 Å². The summed E-state index contributed by atoms with van der Waals surface area (Å²) < 4.78 is 0. The zero-order valence-corrected chi connectivity index (χ0v) is 17.5. The number of nitrogen functional groups attached to an aromatic ring is 1. The maximum absolute atomic E-state index is 13.0. The molecule has 1 fully saturated rings. The van der Waals surface area contributed by atoms with Crippen LogP contribution in [0.25, 0.3) is 0 Å². The van der Waals surface area contributed by atoms with Crippen molar-refractivity contribution in [2.24, 2.45) is 0 Å². The van der Waals surface area contributed by atoms with Crippen molar-refractivity contribution in [2.75, 3.05) is 19.3 Å². The van der Waals surface area contributed by atoms with Gasteiger partial charge in [-0.05, 0) is 49.1 Å². The van der Waals surface area contributed by atoms with Crippen LogP contribution in [0, 0.1) is 0 Å². The van der Waals surface area contributed by atoms with Crippen LogP contribution >= 0.6 is 11.6 Å². The lowest BCUT2D eigenvalue weighted by molar-refractivity contribution is -0.134. The summed E-state index contributed by atoms with van der Waals surface area (Å²) in [6.07, 6.45) is 1.47. The number of carbonyl (C=O) groups excluding carboxylic acids is 2. The summed E-state index contributed by atoms with van der Waals surface area (Å²) in [6.45, 7) is 2.93. The van der Waals surface area contributed by atoms with Crippen molar-refractivity contribution in [3.63, 3.8) is 0 Å². The molecule has 1 aliphatic heterocycles. The Hall–Kier alpha value is -2.73. The van der Waals surface area contributed by atoms with Gasteiger partial charge in [0, 0.05) is 30.8 Å². The van der Waals surface area contributed by atoms with E-state index in [9.17, 15) is 9.59 Å². The minimum Gasteiger partial charge on any atom is -0.398 e. The van der Waals surface area contributed by atoms with E-state index >= 15 is 0 Å². The molecule has 6 nitrogen and oxygen atoms in total. The second kappa shape index (κ2) is 9.18. The molecule has 0 bridgehead atoms. The van der Waals surface area contributed by atoms with Gasteiger partial charge in [-0.2, -0.15) is 0 Å². The van der Waals surface area contributed by atoms with Gasteiger partial charge in [0.1, 0.15) is 6.04 Å². The number of amides is 3. The van der Waals surface area contributed by atoms with Gasteiger partial charge in [-0.3, -0.25) is 4.79 Å². The van der Waals surface area contributed by atoms with E-state index in [1.807, 2.05) is 43.3 Å². The number of benzene rings is 2. The van der Waals surface area contributed by atoms with Gasteiger partial charge in [-0.15, -0.1) is 0 Å². The van der Waals surface area contributed by atoms with Crippen molar-refractivity contribution < 1.29 is 9.59 Å². The fraction of sp³-hybridized carbons (Fsp3) is 0.364. The number of hydrogen-bond acceptors (Lipinski definition) is 3. The van der Waals surface area contributed by atoms with Crippen LogP contribution in [0.1, 0.15) is 36.9 Å². The average Bonchev–Trinajstić information content (AvgIpc) is 3.19. The lowest BCUT2D eigenvalue weighted by Gasteiger charge is -2.29. The Bertz CT molecular complexity index is 871. The smallest absolute Gasteiger partial charge is 0.318 e. The standard InChI is InChI=1S/C22H27ClN4O2/c1-15(18-6-3-4-7-19(18)24)25-22(29)27-13-5-8-20(27)21(28)26(2)14-16-9-11-17(23)12-10-16/h3-4,6-7,9-12,15,20H,5,8,13-14,24H2,1-2H3,(H,25,29)/t15?,20-/m1/s1. The quantitative estimate of drug-likeness (QED) is 0.730. The first-order valence-electron chi connectivity index (χ1n) is 9.77. The summed E-state index contributed by atoms with van der Waals surface area (Å²) in [7, 11) is 1.76. The highest BCUT2D eigenvalue weighted by molar-refractivity contribution is 6.30. The lowest BCUT2D eigenvalue weighted by atomic mass is 10.1. The first-order chi connectivity index (χ1) is 13.9. The Morgan fingerprint density at radius 1 is 1.24 bits per heavy atom. The molecule has 0 aliphatic carbocycles. The molecule has 29 heavy (non-hydrogen) atoms. The van der Waals surface area contributed by atoms with Crippen molar-refractivity contribution in [1.82, 2.24) is 15.1 Å². The molecule has 3 N–H and O–H groups in total. The summed E-state index contributed by atoms with van der Waals surface area (Å²) in [5.74, 6) is -0.0560. The Balaban J connectivity index is 1.63. The lowest BCUT2D eigenvalue weighted by Crippen LogP contribution is -2.50. The first-order valence-corrected chi connectivity index (χ1v) is 10.2. The number of urea groups is 1. The third-order valence-electron chi connectivity index (χ3n) is 5.31. The van der Waals surface area contributed by atoms with Crippen molar-refractivity contribution in [3.05, 3.63) is 64.7 Å². The Morgan fingerprint density at radius 3 is 2.62 bits per heavy atom. The van der Waals surface area contributed by atoms with Gasteiger partial charge in [-0.1, -0.05) is 41.9 Å². The molecule has 1 unspecified atom stereocenters. The minimum atomic E-state index is -0.451. The highest BCUT2D eigenvalue weighted by Crippen LogP contribution is 2.23. The molecule has 7 heteroatoms. The number of carbonyl (C=O) groups is 2. The van der Waals surface area contributed by atoms with Crippen LogP contribution in [-0.2, 0) is 11.3 Å². The molecule has 0 radical (unpaired) electrons. The number of halogens is 1. The number of rotatable bonds is 5. The van der Waals surface area contributed by atoms with Crippen LogP contribution in [0.4, 0.5) is 10.5 Å². The molecule has 154 valence electrons. The van der Waals surface area contributed by atoms with Crippen LogP contribution in [-0.4, -0.2) is 41.4 Å². The van der Waals surface area contributed by atoms with E-state index in [1.54, 1.807) is 29.0 Å². The summed E-state index contributed by atoms with van der Waals surface area (Å²) >= 11 is 5.92. The van der Waals surface area contributed by atoms with E-state index in [0.29, 0.717) is 30.2 Å².